The molecule has 1 amide bonds. The molecule has 0 saturated heterocycles. The Bertz CT molecular complexity index is 734. The standard InChI is InChI=1S/C14H8BrCl2NO3/c15-10-3-1-7(5-12(10)17)13(19)18-8-2-4-11(16)9(6-8)14(20)21/h1-6H,(H,18,19)(H,20,21). The Kier molecular flexibility index (Phi) is 4.88. The fraction of sp³-hybridized carbons (Fsp3) is 0. The van der Waals surface area contributed by atoms with Gasteiger partial charge in [-0.3, -0.25) is 4.79 Å². The molecule has 7 heteroatoms. The summed E-state index contributed by atoms with van der Waals surface area (Å²) in [4.78, 5) is 23.1. The van der Waals surface area contributed by atoms with Gasteiger partial charge in [-0.05, 0) is 52.3 Å². The van der Waals surface area contributed by atoms with Crippen LogP contribution in [0, 0.1) is 0 Å². The largest absolute Gasteiger partial charge is 0.478 e. The number of carbonyl (C=O) groups excluding carboxylic acids is 1. The third-order valence-electron chi connectivity index (χ3n) is 2.64. The Balaban J connectivity index is 2.25. The first-order chi connectivity index (χ1) is 9.88. The first kappa shape index (κ1) is 15.8. The minimum absolute atomic E-state index is 0.0803. The fourth-order valence-corrected chi connectivity index (χ4v) is 2.23. The van der Waals surface area contributed by atoms with E-state index in [2.05, 4.69) is 21.2 Å². The van der Waals surface area contributed by atoms with Crippen LogP contribution in [-0.4, -0.2) is 17.0 Å². The smallest absolute Gasteiger partial charge is 0.337 e. The van der Waals surface area contributed by atoms with Crippen molar-refractivity contribution in [2.45, 2.75) is 0 Å². The molecular formula is C14H8BrCl2NO3. The van der Waals surface area contributed by atoms with Gasteiger partial charge in [0.25, 0.3) is 5.91 Å². The minimum atomic E-state index is -1.16. The first-order valence-corrected chi connectivity index (χ1v) is 7.22. The van der Waals surface area contributed by atoms with E-state index in [0.29, 0.717) is 20.7 Å². The zero-order valence-corrected chi connectivity index (χ0v) is 13.5. The summed E-state index contributed by atoms with van der Waals surface area (Å²) in [5, 5.41) is 12.1. The predicted molar refractivity (Wildman–Crippen MR) is 85.5 cm³/mol. The third-order valence-corrected chi connectivity index (χ3v) is 4.20. The summed E-state index contributed by atoms with van der Waals surface area (Å²) in [6.07, 6.45) is 0. The van der Waals surface area contributed by atoms with E-state index in [1.807, 2.05) is 0 Å². The summed E-state index contributed by atoms with van der Waals surface area (Å²) in [7, 11) is 0. The Morgan fingerprint density at radius 2 is 1.76 bits per heavy atom. The Morgan fingerprint density at radius 3 is 2.38 bits per heavy atom. The Labute approximate surface area is 138 Å². The van der Waals surface area contributed by atoms with Crippen LogP contribution < -0.4 is 5.32 Å². The van der Waals surface area contributed by atoms with E-state index in [-0.39, 0.29) is 10.6 Å². The van der Waals surface area contributed by atoms with Crippen molar-refractivity contribution >= 4 is 56.7 Å². The van der Waals surface area contributed by atoms with Crippen molar-refractivity contribution in [3.63, 3.8) is 0 Å². The molecule has 0 aliphatic carbocycles. The number of carboxylic acid groups (broad SMARTS) is 1. The average molecular weight is 389 g/mol. The molecule has 0 bridgehead atoms. The SMILES string of the molecule is O=C(Nc1ccc(Cl)c(C(=O)O)c1)c1ccc(Br)c(Cl)c1. The van der Waals surface area contributed by atoms with E-state index in [1.54, 1.807) is 12.1 Å². The lowest BCUT2D eigenvalue weighted by Gasteiger charge is -2.08. The van der Waals surface area contributed by atoms with Crippen LogP contribution in [0.5, 0.6) is 0 Å². The molecule has 21 heavy (non-hydrogen) atoms. The van der Waals surface area contributed by atoms with Gasteiger partial charge in [0.15, 0.2) is 0 Å². The van der Waals surface area contributed by atoms with Gasteiger partial charge in [-0.1, -0.05) is 23.2 Å². The van der Waals surface area contributed by atoms with Gasteiger partial charge in [-0.2, -0.15) is 0 Å². The normalized spacial score (nSPS) is 10.2. The number of carboxylic acids is 1. The number of carbonyl (C=O) groups is 2. The fourth-order valence-electron chi connectivity index (χ4n) is 1.61. The van der Waals surface area contributed by atoms with Gasteiger partial charge in [-0.15, -0.1) is 0 Å². The monoisotopic (exact) mass is 387 g/mol. The molecule has 2 rings (SSSR count). The molecule has 4 nitrogen and oxygen atoms in total. The number of anilines is 1. The quantitative estimate of drug-likeness (QED) is 0.800. The molecule has 0 heterocycles. The molecule has 2 aromatic rings. The van der Waals surface area contributed by atoms with Crippen LogP contribution in [-0.2, 0) is 0 Å². The van der Waals surface area contributed by atoms with Gasteiger partial charge < -0.3 is 10.4 Å². The lowest BCUT2D eigenvalue weighted by Crippen LogP contribution is -2.12. The van der Waals surface area contributed by atoms with Crippen LogP contribution in [0.1, 0.15) is 20.7 Å². The summed E-state index contributed by atoms with van der Waals surface area (Å²) in [6.45, 7) is 0. The zero-order chi connectivity index (χ0) is 15.6. The highest BCUT2D eigenvalue weighted by Gasteiger charge is 2.12. The lowest BCUT2D eigenvalue weighted by atomic mass is 10.1. The molecule has 108 valence electrons. The van der Waals surface area contributed by atoms with Crippen LogP contribution in [0.25, 0.3) is 0 Å². The highest BCUT2D eigenvalue weighted by molar-refractivity contribution is 9.10. The average Bonchev–Trinajstić information content (AvgIpc) is 2.43. The number of hydrogen-bond donors (Lipinski definition) is 2. The number of nitrogens with one attached hydrogen (secondary N) is 1. The summed E-state index contributed by atoms with van der Waals surface area (Å²) >= 11 is 14.9. The predicted octanol–water partition coefficient (Wildman–Crippen LogP) is 4.71. The molecule has 0 fully saturated rings. The number of benzene rings is 2. The molecule has 0 spiro atoms. The van der Waals surface area contributed by atoms with Crippen LogP contribution in [0.3, 0.4) is 0 Å². The van der Waals surface area contributed by atoms with Crippen LogP contribution in [0.4, 0.5) is 5.69 Å². The van der Waals surface area contributed by atoms with Crippen LogP contribution in [0.2, 0.25) is 10.0 Å². The van der Waals surface area contributed by atoms with Gasteiger partial charge >= 0.3 is 5.97 Å². The number of amides is 1. The van der Waals surface area contributed by atoms with Crippen LogP contribution >= 0.6 is 39.1 Å². The van der Waals surface area contributed by atoms with Crippen molar-refractivity contribution in [1.29, 1.82) is 0 Å². The Morgan fingerprint density at radius 1 is 1.05 bits per heavy atom. The van der Waals surface area contributed by atoms with Crippen molar-refractivity contribution in [3.05, 3.63) is 62.0 Å². The summed E-state index contributed by atoms with van der Waals surface area (Å²) in [6, 6.07) is 8.99. The molecule has 2 N–H and O–H groups in total. The molecule has 0 atom stereocenters. The molecule has 0 aliphatic heterocycles. The number of aromatic carboxylic acids is 1. The van der Waals surface area contributed by atoms with Crippen molar-refractivity contribution < 1.29 is 14.7 Å². The number of hydrogen-bond acceptors (Lipinski definition) is 2. The molecule has 0 unspecified atom stereocenters. The van der Waals surface area contributed by atoms with E-state index in [1.165, 1.54) is 24.3 Å². The topological polar surface area (TPSA) is 66.4 Å². The first-order valence-electron chi connectivity index (χ1n) is 5.67. The maximum atomic E-state index is 12.1. The van der Waals surface area contributed by atoms with E-state index in [9.17, 15) is 9.59 Å². The third kappa shape index (κ3) is 3.75. The van der Waals surface area contributed by atoms with Crippen molar-refractivity contribution in [2.75, 3.05) is 5.32 Å². The van der Waals surface area contributed by atoms with E-state index in [4.69, 9.17) is 28.3 Å². The number of rotatable bonds is 3. The molecular weight excluding hydrogens is 381 g/mol. The second-order valence-corrected chi connectivity index (χ2v) is 5.75. The minimum Gasteiger partial charge on any atom is -0.478 e. The van der Waals surface area contributed by atoms with Gasteiger partial charge in [0, 0.05) is 15.7 Å². The van der Waals surface area contributed by atoms with Crippen molar-refractivity contribution in [2.24, 2.45) is 0 Å². The van der Waals surface area contributed by atoms with Crippen LogP contribution in [0.15, 0.2) is 40.9 Å². The van der Waals surface area contributed by atoms with Gasteiger partial charge in [-0.25, -0.2) is 4.79 Å². The van der Waals surface area contributed by atoms with E-state index in [0.717, 1.165) is 0 Å². The zero-order valence-electron chi connectivity index (χ0n) is 10.4. The highest BCUT2D eigenvalue weighted by atomic mass is 79.9. The van der Waals surface area contributed by atoms with E-state index >= 15 is 0 Å². The molecule has 2 aromatic carbocycles. The van der Waals surface area contributed by atoms with Crippen molar-refractivity contribution in [3.8, 4) is 0 Å². The summed E-state index contributed by atoms with van der Waals surface area (Å²) in [5.41, 5.74) is 0.610. The maximum Gasteiger partial charge on any atom is 0.337 e. The molecule has 0 radical (unpaired) electrons. The summed E-state index contributed by atoms with van der Waals surface area (Å²) < 4.78 is 0.681. The highest BCUT2D eigenvalue weighted by Crippen LogP contribution is 2.24. The second kappa shape index (κ2) is 6.47. The van der Waals surface area contributed by atoms with Crippen molar-refractivity contribution in [1.82, 2.24) is 0 Å². The summed E-state index contributed by atoms with van der Waals surface area (Å²) in [5.74, 6) is -1.56. The molecule has 0 saturated carbocycles. The molecule has 0 aromatic heterocycles. The van der Waals surface area contributed by atoms with Gasteiger partial charge in [0.2, 0.25) is 0 Å². The number of halogens is 3. The molecule has 0 aliphatic rings. The van der Waals surface area contributed by atoms with Gasteiger partial charge in [0.1, 0.15) is 0 Å². The maximum absolute atomic E-state index is 12.1. The van der Waals surface area contributed by atoms with Gasteiger partial charge in [0.05, 0.1) is 15.6 Å². The Hall–Kier alpha value is -1.56. The second-order valence-electron chi connectivity index (χ2n) is 4.08. The lowest BCUT2D eigenvalue weighted by molar-refractivity contribution is 0.0696. The van der Waals surface area contributed by atoms with E-state index < -0.39 is 11.9 Å².